The fraction of sp³-hybridized carbons (Fsp3) is 0.500. The lowest BCUT2D eigenvalue weighted by atomic mass is 10.1. The molecular weight excluding hydrogens is 246 g/mol. The third kappa shape index (κ3) is 4.13. The molecule has 1 aromatic rings. The molecule has 104 valence electrons. The molecule has 0 fully saturated rings. The summed E-state index contributed by atoms with van der Waals surface area (Å²) in [5.41, 5.74) is 1.13. The minimum absolute atomic E-state index is 0.0674. The summed E-state index contributed by atoms with van der Waals surface area (Å²) in [5, 5.41) is 2.89. The molecule has 1 heterocycles. The number of carbonyl (C=O) groups is 1. The lowest BCUT2D eigenvalue weighted by Gasteiger charge is -2.06. The van der Waals surface area contributed by atoms with Gasteiger partial charge in [-0.1, -0.05) is 6.07 Å². The first kappa shape index (κ1) is 13.7. The van der Waals surface area contributed by atoms with E-state index in [1.54, 1.807) is 7.11 Å². The molecule has 0 atom stereocenters. The van der Waals surface area contributed by atoms with Crippen molar-refractivity contribution in [3.05, 3.63) is 23.8 Å². The van der Waals surface area contributed by atoms with Gasteiger partial charge in [-0.25, -0.2) is 0 Å². The highest BCUT2D eigenvalue weighted by atomic mass is 16.7. The number of fused-ring (bicyclic) bond motifs is 1. The van der Waals surface area contributed by atoms with Gasteiger partial charge in [0.15, 0.2) is 11.5 Å². The molecular formula is C14H19NO4. The number of benzene rings is 1. The van der Waals surface area contributed by atoms with Gasteiger partial charge in [-0.2, -0.15) is 0 Å². The van der Waals surface area contributed by atoms with Crippen LogP contribution in [0.1, 0.15) is 18.4 Å². The highest BCUT2D eigenvalue weighted by Gasteiger charge is 2.12. The molecule has 1 aromatic carbocycles. The van der Waals surface area contributed by atoms with E-state index in [1.165, 1.54) is 0 Å². The molecule has 0 radical (unpaired) electrons. The van der Waals surface area contributed by atoms with Crippen LogP contribution in [0.25, 0.3) is 0 Å². The summed E-state index contributed by atoms with van der Waals surface area (Å²) in [6.45, 7) is 1.54. The van der Waals surface area contributed by atoms with Gasteiger partial charge in [0.1, 0.15) is 0 Å². The molecule has 0 aliphatic carbocycles. The summed E-state index contributed by atoms with van der Waals surface area (Å²) in [7, 11) is 1.64. The first-order chi connectivity index (χ1) is 9.29. The van der Waals surface area contributed by atoms with E-state index in [9.17, 15) is 4.79 Å². The van der Waals surface area contributed by atoms with Crippen molar-refractivity contribution >= 4 is 5.91 Å². The molecule has 1 aliphatic heterocycles. The van der Waals surface area contributed by atoms with Gasteiger partial charge in [0.2, 0.25) is 12.7 Å². The topological polar surface area (TPSA) is 56.8 Å². The van der Waals surface area contributed by atoms with E-state index in [1.807, 2.05) is 18.2 Å². The van der Waals surface area contributed by atoms with E-state index in [0.717, 1.165) is 29.9 Å². The highest BCUT2D eigenvalue weighted by molar-refractivity contribution is 5.75. The first-order valence-electron chi connectivity index (χ1n) is 6.44. The van der Waals surface area contributed by atoms with Crippen LogP contribution < -0.4 is 14.8 Å². The maximum atomic E-state index is 11.5. The van der Waals surface area contributed by atoms with Crippen LogP contribution in [0.15, 0.2) is 18.2 Å². The number of nitrogens with one attached hydrogen (secondary N) is 1. The molecule has 0 aromatic heterocycles. The minimum Gasteiger partial charge on any atom is -0.454 e. The molecule has 19 heavy (non-hydrogen) atoms. The Morgan fingerprint density at radius 3 is 3.05 bits per heavy atom. The largest absolute Gasteiger partial charge is 0.454 e. The van der Waals surface area contributed by atoms with Crippen molar-refractivity contribution in [1.82, 2.24) is 5.32 Å². The third-order valence-corrected chi connectivity index (χ3v) is 2.93. The smallest absolute Gasteiger partial charge is 0.231 e. The standard InChI is InChI=1S/C14H19NO4/c1-17-8-2-3-14(16)15-7-6-11-4-5-12-13(9-11)19-10-18-12/h4-5,9H,2-3,6-8,10H2,1H3,(H,15,16). The number of hydrogen-bond acceptors (Lipinski definition) is 4. The van der Waals surface area contributed by atoms with Gasteiger partial charge < -0.3 is 19.5 Å². The van der Waals surface area contributed by atoms with Crippen molar-refractivity contribution in [1.29, 1.82) is 0 Å². The molecule has 0 saturated carbocycles. The minimum atomic E-state index is 0.0674. The van der Waals surface area contributed by atoms with Crippen molar-refractivity contribution in [3.63, 3.8) is 0 Å². The van der Waals surface area contributed by atoms with Crippen molar-refractivity contribution < 1.29 is 19.0 Å². The fourth-order valence-corrected chi connectivity index (χ4v) is 1.91. The third-order valence-electron chi connectivity index (χ3n) is 2.93. The number of ether oxygens (including phenoxy) is 3. The van der Waals surface area contributed by atoms with Gasteiger partial charge >= 0.3 is 0 Å². The van der Waals surface area contributed by atoms with Crippen LogP contribution in [-0.2, 0) is 16.0 Å². The van der Waals surface area contributed by atoms with Crippen LogP contribution >= 0.6 is 0 Å². The van der Waals surface area contributed by atoms with Gasteiger partial charge in [-0.05, 0) is 30.5 Å². The molecule has 1 aliphatic rings. The number of methoxy groups -OCH3 is 1. The van der Waals surface area contributed by atoms with Gasteiger partial charge in [0.05, 0.1) is 0 Å². The molecule has 1 amide bonds. The molecule has 0 saturated heterocycles. The number of rotatable bonds is 7. The van der Waals surface area contributed by atoms with Gasteiger partial charge in [-0.15, -0.1) is 0 Å². The zero-order valence-electron chi connectivity index (χ0n) is 11.1. The second-order valence-corrected chi connectivity index (χ2v) is 4.38. The van der Waals surface area contributed by atoms with E-state index < -0.39 is 0 Å². The Balaban J connectivity index is 1.69. The van der Waals surface area contributed by atoms with Crippen LogP contribution in [-0.4, -0.2) is 33.0 Å². The van der Waals surface area contributed by atoms with Crippen molar-refractivity contribution in [2.24, 2.45) is 0 Å². The van der Waals surface area contributed by atoms with E-state index >= 15 is 0 Å². The van der Waals surface area contributed by atoms with Crippen LogP contribution in [0.4, 0.5) is 0 Å². The van der Waals surface area contributed by atoms with Crippen molar-refractivity contribution in [2.45, 2.75) is 19.3 Å². The Morgan fingerprint density at radius 1 is 1.37 bits per heavy atom. The lowest BCUT2D eigenvalue weighted by Crippen LogP contribution is -2.25. The maximum Gasteiger partial charge on any atom is 0.231 e. The molecule has 1 N–H and O–H groups in total. The summed E-state index contributed by atoms with van der Waals surface area (Å²) >= 11 is 0. The number of carbonyl (C=O) groups excluding carboxylic acids is 1. The average Bonchev–Trinajstić information content (AvgIpc) is 2.86. The molecule has 0 spiro atoms. The maximum absolute atomic E-state index is 11.5. The zero-order valence-corrected chi connectivity index (χ0v) is 11.1. The molecule has 0 unspecified atom stereocenters. The monoisotopic (exact) mass is 265 g/mol. The Hall–Kier alpha value is -1.75. The predicted molar refractivity (Wildman–Crippen MR) is 70.4 cm³/mol. The van der Waals surface area contributed by atoms with Crippen molar-refractivity contribution in [3.8, 4) is 11.5 Å². The SMILES string of the molecule is COCCCC(=O)NCCc1ccc2c(c1)OCO2. The van der Waals surface area contributed by atoms with E-state index in [0.29, 0.717) is 19.6 Å². The van der Waals surface area contributed by atoms with Crippen molar-refractivity contribution in [2.75, 3.05) is 27.1 Å². The second-order valence-electron chi connectivity index (χ2n) is 4.38. The first-order valence-corrected chi connectivity index (χ1v) is 6.44. The highest BCUT2D eigenvalue weighted by Crippen LogP contribution is 2.32. The molecule has 2 rings (SSSR count). The summed E-state index contributed by atoms with van der Waals surface area (Å²) in [4.78, 5) is 11.5. The van der Waals surface area contributed by atoms with Gasteiger partial charge in [0, 0.05) is 26.7 Å². The van der Waals surface area contributed by atoms with Crippen LogP contribution in [0.3, 0.4) is 0 Å². The zero-order chi connectivity index (χ0) is 13.5. The van der Waals surface area contributed by atoms with Crippen LogP contribution in [0, 0.1) is 0 Å². The normalized spacial score (nSPS) is 12.5. The van der Waals surface area contributed by atoms with Crippen LogP contribution in [0.2, 0.25) is 0 Å². The fourth-order valence-electron chi connectivity index (χ4n) is 1.91. The summed E-state index contributed by atoms with van der Waals surface area (Å²) < 4.78 is 15.5. The number of hydrogen-bond donors (Lipinski definition) is 1. The Kier molecular flexibility index (Phi) is 5.03. The quantitative estimate of drug-likeness (QED) is 0.759. The summed E-state index contributed by atoms with van der Waals surface area (Å²) in [6.07, 6.45) is 2.05. The Bertz CT molecular complexity index is 433. The van der Waals surface area contributed by atoms with Crippen LogP contribution in [0.5, 0.6) is 11.5 Å². The number of amides is 1. The van der Waals surface area contributed by atoms with Gasteiger partial charge in [0.25, 0.3) is 0 Å². The Morgan fingerprint density at radius 2 is 2.21 bits per heavy atom. The van der Waals surface area contributed by atoms with E-state index in [2.05, 4.69) is 5.32 Å². The average molecular weight is 265 g/mol. The predicted octanol–water partition coefficient (Wildman–Crippen LogP) is 1.50. The second kappa shape index (κ2) is 6.99. The lowest BCUT2D eigenvalue weighted by molar-refractivity contribution is -0.121. The summed E-state index contributed by atoms with van der Waals surface area (Å²) in [5.74, 6) is 1.63. The summed E-state index contributed by atoms with van der Waals surface area (Å²) in [6, 6.07) is 5.85. The van der Waals surface area contributed by atoms with E-state index in [4.69, 9.17) is 14.2 Å². The van der Waals surface area contributed by atoms with Gasteiger partial charge in [-0.3, -0.25) is 4.79 Å². The van der Waals surface area contributed by atoms with E-state index in [-0.39, 0.29) is 12.7 Å². The molecule has 5 nitrogen and oxygen atoms in total. The molecule has 0 bridgehead atoms. The Labute approximate surface area is 112 Å². The molecule has 5 heteroatoms.